The largest absolute Gasteiger partial charge is 0.381 e. The molecule has 2 amide bonds. The van der Waals surface area contributed by atoms with Gasteiger partial charge in [0.15, 0.2) is 0 Å². The fraction of sp³-hybridized carbons (Fsp3) is 0.857. The molecule has 0 aromatic heterocycles. The highest BCUT2D eigenvalue weighted by Gasteiger charge is 2.57. The van der Waals surface area contributed by atoms with Crippen molar-refractivity contribution in [2.75, 3.05) is 7.11 Å². The van der Waals surface area contributed by atoms with Crippen LogP contribution >= 0.6 is 0 Å². The number of nitrogens with one attached hydrogen (secondary N) is 1. The molecule has 19 heavy (non-hydrogen) atoms. The normalized spacial score (nSPS) is 36.7. The van der Waals surface area contributed by atoms with E-state index in [4.69, 9.17) is 4.74 Å². The molecule has 1 N–H and O–H groups in total. The summed E-state index contributed by atoms with van der Waals surface area (Å²) in [5.74, 6) is -0.0894. The second-order valence-electron chi connectivity index (χ2n) is 6.80. The van der Waals surface area contributed by atoms with Gasteiger partial charge in [-0.25, -0.2) is 0 Å². The number of amides is 2. The Morgan fingerprint density at radius 3 is 2.32 bits per heavy atom. The molecule has 2 aliphatic rings. The summed E-state index contributed by atoms with van der Waals surface area (Å²) in [5, 5.41) is 2.78. The average Bonchev–Trinajstić information content (AvgIpc) is 2.30. The summed E-state index contributed by atoms with van der Waals surface area (Å²) in [7, 11) is 1.70. The highest BCUT2D eigenvalue weighted by molar-refractivity contribution is 5.99. The van der Waals surface area contributed by atoms with E-state index in [1.807, 2.05) is 0 Å². The van der Waals surface area contributed by atoms with Crippen molar-refractivity contribution in [3.05, 3.63) is 0 Å². The molecule has 3 atom stereocenters. The number of piperazine rings is 1. The van der Waals surface area contributed by atoms with Gasteiger partial charge in [-0.3, -0.25) is 9.59 Å². The zero-order valence-corrected chi connectivity index (χ0v) is 12.6. The SMILES string of the molecule is COC1CC(N2C(=O)C(C)(C)NC(=O)C2C)C1(C)C. The molecule has 2 fully saturated rings. The number of carbonyl (C=O) groups excluding carboxylic acids is 2. The van der Waals surface area contributed by atoms with E-state index in [2.05, 4.69) is 19.2 Å². The van der Waals surface area contributed by atoms with Gasteiger partial charge in [-0.15, -0.1) is 0 Å². The van der Waals surface area contributed by atoms with E-state index in [9.17, 15) is 9.59 Å². The molecule has 0 bridgehead atoms. The third kappa shape index (κ3) is 1.95. The van der Waals surface area contributed by atoms with Gasteiger partial charge in [-0.1, -0.05) is 13.8 Å². The fourth-order valence-corrected chi connectivity index (χ4v) is 3.24. The van der Waals surface area contributed by atoms with Gasteiger partial charge in [0.05, 0.1) is 6.10 Å². The molecule has 1 aliphatic heterocycles. The van der Waals surface area contributed by atoms with E-state index in [1.165, 1.54) is 0 Å². The molecule has 0 aromatic carbocycles. The molecule has 108 valence electrons. The van der Waals surface area contributed by atoms with Gasteiger partial charge < -0.3 is 15.0 Å². The fourth-order valence-electron chi connectivity index (χ4n) is 3.24. The highest BCUT2D eigenvalue weighted by Crippen LogP contribution is 2.47. The van der Waals surface area contributed by atoms with Crippen molar-refractivity contribution in [2.24, 2.45) is 5.41 Å². The van der Waals surface area contributed by atoms with E-state index >= 15 is 0 Å². The molecular weight excluding hydrogens is 244 g/mol. The van der Waals surface area contributed by atoms with E-state index in [1.54, 1.807) is 32.8 Å². The Hall–Kier alpha value is -1.10. The minimum atomic E-state index is -0.822. The van der Waals surface area contributed by atoms with Gasteiger partial charge in [-0.2, -0.15) is 0 Å². The molecule has 0 spiro atoms. The molecule has 5 heteroatoms. The van der Waals surface area contributed by atoms with Crippen LogP contribution < -0.4 is 5.32 Å². The number of carbonyl (C=O) groups is 2. The van der Waals surface area contributed by atoms with E-state index < -0.39 is 11.6 Å². The maximum Gasteiger partial charge on any atom is 0.248 e. The van der Waals surface area contributed by atoms with Gasteiger partial charge in [0.25, 0.3) is 0 Å². The van der Waals surface area contributed by atoms with Crippen LogP contribution in [0.1, 0.15) is 41.0 Å². The molecule has 2 rings (SSSR count). The van der Waals surface area contributed by atoms with E-state index in [0.29, 0.717) is 0 Å². The Balaban J connectivity index is 2.28. The molecule has 1 saturated heterocycles. The molecule has 0 aromatic rings. The summed E-state index contributed by atoms with van der Waals surface area (Å²) in [6.07, 6.45) is 0.939. The lowest BCUT2D eigenvalue weighted by Gasteiger charge is -2.58. The molecule has 1 heterocycles. The molecule has 3 unspecified atom stereocenters. The third-order valence-electron chi connectivity index (χ3n) is 4.75. The lowest BCUT2D eigenvalue weighted by Crippen LogP contribution is -2.74. The second kappa shape index (κ2) is 4.20. The lowest BCUT2D eigenvalue weighted by atomic mass is 9.63. The number of nitrogens with zero attached hydrogens (tertiary/aromatic N) is 1. The Labute approximate surface area is 114 Å². The summed E-state index contributed by atoms with van der Waals surface area (Å²) >= 11 is 0. The van der Waals surface area contributed by atoms with Crippen molar-refractivity contribution in [1.29, 1.82) is 0 Å². The van der Waals surface area contributed by atoms with Crippen molar-refractivity contribution in [3.8, 4) is 0 Å². The summed E-state index contributed by atoms with van der Waals surface area (Å²) < 4.78 is 5.43. The topological polar surface area (TPSA) is 58.6 Å². The molecule has 1 saturated carbocycles. The first-order valence-electron chi connectivity index (χ1n) is 6.80. The number of hydrogen-bond donors (Lipinski definition) is 1. The van der Waals surface area contributed by atoms with Crippen molar-refractivity contribution in [1.82, 2.24) is 10.2 Å². The van der Waals surface area contributed by atoms with E-state index in [0.717, 1.165) is 6.42 Å². The maximum atomic E-state index is 12.6. The zero-order valence-electron chi connectivity index (χ0n) is 12.6. The second-order valence-corrected chi connectivity index (χ2v) is 6.80. The van der Waals surface area contributed by atoms with Crippen LogP contribution in [0, 0.1) is 5.41 Å². The summed E-state index contributed by atoms with van der Waals surface area (Å²) in [6, 6.07) is -0.354. The summed E-state index contributed by atoms with van der Waals surface area (Å²) in [4.78, 5) is 26.4. The summed E-state index contributed by atoms with van der Waals surface area (Å²) in [6.45, 7) is 9.49. The lowest BCUT2D eigenvalue weighted by molar-refractivity contribution is -0.181. The highest BCUT2D eigenvalue weighted by atomic mass is 16.5. The predicted molar refractivity (Wildman–Crippen MR) is 71.5 cm³/mol. The Morgan fingerprint density at radius 1 is 1.26 bits per heavy atom. The number of methoxy groups -OCH3 is 1. The van der Waals surface area contributed by atoms with E-state index in [-0.39, 0.29) is 29.4 Å². The smallest absolute Gasteiger partial charge is 0.248 e. The molecule has 0 radical (unpaired) electrons. The minimum Gasteiger partial charge on any atom is -0.381 e. The van der Waals surface area contributed by atoms with Crippen molar-refractivity contribution in [2.45, 2.75) is 64.8 Å². The van der Waals surface area contributed by atoms with Crippen LogP contribution in [0.4, 0.5) is 0 Å². The minimum absolute atomic E-state index is 0.00720. The van der Waals surface area contributed by atoms with Crippen LogP contribution in [0.25, 0.3) is 0 Å². The maximum absolute atomic E-state index is 12.6. The number of hydrogen-bond acceptors (Lipinski definition) is 3. The van der Waals surface area contributed by atoms with Crippen LogP contribution in [0.15, 0.2) is 0 Å². The van der Waals surface area contributed by atoms with Crippen LogP contribution in [0.2, 0.25) is 0 Å². The average molecular weight is 268 g/mol. The Bertz CT molecular complexity index is 417. The first-order valence-corrected chi connectivity index (χ1v) is 6.80. The van der Waals surface area contributed by atoms with Gasteiger partial charge in [0.1, 0.15) is 11.6 Å². The van der Waals surface area contributed by atoms with Crippen molar-refractivity contribution < 1.29 is 14.3 Å². The monoisotopic (exact) mass is 268 g/mol. The third-order valence-corrected chi connectivity index (χ3v) is 4.75. The molecule has 1 aliphatic carbocycles. The van der Waals surface area contributed by atoms with Crippen molar-refractivity contribution in [3.63, 3.8) is 0 Å². The van der Waals surface area contributed by atoms with Gasteiger partial charge in [-0.05, 0) is 27.2 Å². The van der Waals surface area contributed by atoms with Gasteiger partial charge >= 0.3 is 0 Å². The van der Waals surface area contributed by atoms with Crippen LogP contribution in [-0.2, 0) is 14.3 Å². The standard InChI is InChI=1S/C14H24N2O3/c1-8-11(17)15-14(4,5)12(18)16(8)9-7-10(19-6)13(9,2)3/h8-10H,7H2,1-6H3,(H,15,17). The van der Waals surface area contributed by atoms with Crippen LogP contribution in [0.3, 0.4) is 0 Å². The van der Waals surface area contributed by atoms with Gasteiger partial charge in [0.2, 0.25) is 11.8 Å². The zero-order chi connectivity index (χ0) is 14.6. The first-order chi connectivity index (χ1) is 8.63. The Morgan fingerprint density at radius 2 is 1.84 bits per heavy atom. The van der Waals surface area contributed by atoms with Gasteiger partial charge in [0, 0.05) is 18.6 Å². The molecule has 5 nitrogen and oxygen atoms in total. The quantitative estimate of drug-likeness (QED) is 0.810. The van der Waals surface area contributed by atoms with Crippen LogP contribution in [0.5, 0.6) is 0 Å². The summed E-state index contributed by atoms with van der Waals surface area (Å²) in [5.41, 5.74) is -0.940. The number of ether oxygens (including phenoxy) is 1. The molecular formula is C14H24N2O3. The van der Waals surface area contributed by atoms with Crippen molar-refractivity contribution >= 4 is 11.8 Å². The predicted octanol–water partition coefficient (Wildman–Crippen LogP) is 0.925. The number of rotatable bonds is 2. The Kier molecular flexibility index (Phi) is 3.16. The van der Waals surface area contributed by atoms with Crippen LogP contribution in [-0.4, -0.2) is 47.6 Å². The first kappa shape index (κ1) is 14.3.